The van der Waals surface area contributed by atoms with E-state index in [2.05, 4.69) is 21.5 Å². The summed E-state index contributed by atoms with van der Waals surface area (Å²) in [5, 5.41) is 2.22. The summed E-state index contributed by atoms with van der Waals surface area (Å²) in [6.07, 6.45) is -20.1. The first kappa shape index (κ1) is 33.7. The fourth-order valence-corrected chi connectivity index (χ4v) is 4.18. The van der Waals surface area contributed by atoms with Crippen molar-refractivity contribution in [3.8, 4) is 0 Å². The predicted molar refractivity (Wildman–Crippen MR) is 128 cm³/mol. The van der Waals surface area contributed by atoms with Crippen molar-refractivity contribution in [2.24, 2.45) is 0 Å². The molecule has 0 bridgehead atoms. The van der Waals surface area contributed by atoms with Crippen molar-refractivity contribution in [2.75, 3.05) is 9.24 Å². The van der Waals surface area contributed by atoms with Crippen LogP contribution in [0, 0.1) is 5.82 Å². The van der Waals surface area contributed by atoms with Crippen molar-refractivity contribution < 1.29 is 66.7 Å². The zero-order valence-corrected chi connectivity index (χ0v) is 22.0. The molecule has 43 heavy (non-hydrogen) atoms. The molecule has 0 aliphatic heterocycles. The van der Waals surface area contributed by atoms with Gasteiger partial charge in [0.25, 0.3) is 11.8 Å². The number of carbonyl (C=O) groups is 2. The summed E-state index contributed by atoms with van der Waals surface area (Å²) in [6.45, 7) is 0. The molecule has 0 aliphatic carbocycles. The van der Waals surface area contributed by atoms with E-state index in [9.17, 15) is 66.7 Å². The van der Waals surface area contributed by atoms with Crippen LogP contribution in [0.2, 0.25) is 0 Å². The Morgan fingerprint density at radius 1 is 0.721 bits per heavy atom. The number of anilines is 2. The van der Waals surface area contributed by atoms with Gasteiger partial charge < -0.3 is 5.32 Å². The molecule has 1 atom stereocenters. The average Bonchev–Trinajstić information content (AvgIpc) is 2.90. The van der Waals surface area contributed by atoms with Crippen molar-refractivity contribution in [3.05, 3.63) is 94.8 Å². The first-order valence-electron chi connectivity index (χ1n) is 11.1. The van der Waals surface area contributed by atoms with E-state index in [1.54, 1.807) is 0 Å². The normalized spacial score (nSPS) is 14.2. The molecule has 3 aromatic carbocycles. The molecule has 0 saturated carbocycles. The lowest BCUT2D eigenvalue weighted by molar-refractivity contribution is -0.389. The van der Waals surface area contributed by atoms with Gasteiger partial charge in [-0.05, 0) is 42.5 Å². The van der Waals surface area contributed by atoms with Crippen molar-refractivity contribution in [3.63, 3.8) is 0 Å². The second-order valence-electron chi connectivity index (χ2n) is 8.56. The Bertz CT molecular complexity index is 1540. The zero-order chi connectivity index (χ0) is 32.8. The maximum atomic E-state index is 14.8. The lowest BCUT2D eigenvalue weighted by Gasteiger charge is -2.36. The van der Waals surface area contributed by atoms with Crippen LogP contribution in [0.25, 0.3) is 0 Å². The molecule has 2 amide bonds. The van der Waals surface area contributed by atoms with Crippen LogP contribution < -0.4 is 9.24 Å². The Balaban J connectivity index is 2.06. The highest BCUT2D eigenvalue weighted by atomic mass is 79.9. The molecule has 0 aromatic heterocycles. The topological polar surface area (TPSA) is 49.4 Å². The van der Waals surface area contributed by atoms with E-state index in [1.807, 2.05) is 0 Å². The number of rotatable bonds is 6. The van der Waals surface area contributed by atoms with Gasteiger partial charge in [0.2, 0.25) is 0 Å². The smallest absolute Gasteiger partial charge is 0.322 e. The van der Waals surface area contributed by atoms with Crippen LogP contribution >= 0.6 is 16.1 Å². The third-order valence-corrected chi connectivity index (χ3v) is 6.46. The van der Waals surface area contributed by atoms with Gasteiger partial charge >= 0.3 is 30.1 Å². The third kappa shape index (κ3) is 6.28. The zero-order valence-electron chi connectivity index (χ0n) is 20.4. The molecule has 1 unspecified atom stereocenters. The van der Waals surface area contributed by atoms with Crippen LogP contribution in [0.15, 0.2) is 66.7 Å². The maximum Gasteiger partial charge on any atom is 0.457 e. The summed E-state index contributed by atoms with van der Waals surface area (Å²) >= 11 is 2.44. The Morgan fingerprint density at radius 3 is 1.86 bits per heavy atom. The van der Waals surface area contributed by atoms with Crippen molar-refractivity contribution >= 4 is 39.3 Å². The number of halogens is 14. The van der Waals surface area contributed by atoms with Crippen LogP contribution in [0.4, 0.5) is 68.5 Å². The van der Waals surface area contributed by atoms with Crippen molar-refractivity contribution in [1.82, 2.24) is 0 Å². The number of nitrogens with zero attached hydrogens (tertiary/aromatic N) is 1. The molecule has 3 rings (SSSR count). The summed E-state index contributed by atoms with van der Waals surface area (Å²) in [5.74, 6) is -10.6. The number of nitrogens with one attached hydrogen (secondary N) is 1. The van der Waals surface area contributed by atoms with Crippen LogP contribution in [0.1, 0.15) is 31.8 Å². The SMILES string of the molecule is O=C(Nc1cccc(C(=O)N(Br)c2ccc(C(F)(C(F)(F)F)C(F)(F)C(F)(F)F)cc2C(F)(F)F)c1)c1ccccc1F. The molecule has 0 heterocycles. The quantitative estimate of drug-likeness (QED) is 0.206. The predicted octanol–water partition coefficient (Wildman–Crippen LogP) is 8.98. The largest absolute Gasteiger partial charge is 0.457 e. The third-order valence-electron chi connectivity index (χ3n) is 5.75. The number of amides is 2. The van der Waals surface area contributed by atoms with Crippen LogP contribution in [0.5, 0.6) is 0 Å². The van der Waals surface area contributed by atoms with Gasteiger partial charge in [-0.2, -0.15) is 48.3 Å². The minimum Gasteiger partial charge on any atom is -0.322 e. The summed E-state index contributed by atoms with van der Waals surface area (Å²) in [6, 6.07) is 7.40. The Morgan fingerprint density at radius 2 is 1.33 bits per heavy atom. The summed E-state index contributed by atoms with van der Waals surface area (Å²) in [7, 11) is 0. The van der Waals surface area contributed by atoms with Crippen LogP contribution in [0.3, 0.4) is 0 Å². The number of hydrogen-bond donors (Lipinski definition) is 1. The number of benzene rings is 3. The van der Waals surface area contributed by atoms with Gasteiger partial charge in [0.05, 0.1) is 33.0 Å². The lowest BCUT2D eigenvalue weighted by atomic mass is 9.86. The summed E-state index contributed by atoms with van der Waals surface area (Å²) in [5.41, 5.74) is -14.4. The first-order valence-corrected chi connectivity index (χ1v) is 11.8. The van der Waals surface area contributed by atoms with Gasteiger partial charge in [0, 0.05) is 16.8 Å². The maximum absolute atomic E-state index is 14.8. The molecule has 0 saturated heterocycles. The van der Waals surface area contributed by atoms with Gasteiger partial charge in [-0.25, -0.2) is 12.7 Å². The molecule has 1 N–H and O–H groups in total. The lowest BCUT2D eigenvalue weighted by Crippen LogP contribution is -2.59. The second kappa shape index (κ2) is 11.3. The van der Waals surface area contributed by atoms with E-state index in [0.29, 0.717) is 0 Å². The fraction of sp³-hybridized carbons (Fsp3) is 0.200. The van der Waals surface area contributed by atoms with Gasteiger partial charge in [-0.1, -0.05) is 24.3 Å². The highest BCUT2D eigenvalue weighted by Crippen LogP contribution is 2.59. The molecule has 0 aliphatic rings. The molecule has 18 heteroatoms. The molecule has 4 nitrogen and oxygen atoms in total. The Kier molecular flexibility index (Phi) is 8.89. The van der Waals surface area contributed by atoms with Gasteiger partial charge in [-0.15, -0.1) is 0 Å². The van der Waals surface area contributed by atoms with E-state index in [1.165, 1.54) is 18.2 Å². The highest BCUT2D eigenvalue weighted by molar-refractivity contribution is 9.10. The Labute approximate surface area is 240 Å². The average molecular weight is 699 g/mol. The van der Waals surface area contributed by atoms with E-state index in [4.69, 9.17) is 0 Å². The molecule has 3 aromatic rings. The number of carbonyl (C=O) groups excluding carboxylic acids is 2. The summed E-state index contributed by atoms with van der Waals surface area (Å²) < 4.78 is 176. The van der Waals surface area contributed by atoms with E-state index >= 15 is 0 Å². The van der Waals surface area contributed by atoms with E-state index < -0.39 is 87.8 Å². The molecule has 232 valence electrons. The monoisotopic (exact) mass is 698 g/mol. The molecular formula is C25H12BrF13N2O2. The number of alkyl halides is 12. The number of hydrogen-bond acceptors (Lipinski definition) is 2. The van der Waals surface area contributed by atoms with Gasteiger partial charge in [-0.3, -0.25) is 9.59 Å². The summed E-state index contributed by atoms with van der Waals surface area (Å²) in [4.78, 5) is 25.3. The van der Waals surface area contributed by atoms with Gasteiger partial charge in [0.1, 0.15) is 5.82 Å². The van der Waals surface area contributed by atoms with Crippen molar-refractivity contribution in [1.29, 1.82) is 0 Å². The minimum absolute atomic E-state index is 0.0349. The van der Waals surface area contributed by atoms with Crippen LogP contribution in [-0.4, -0.2) is 30.1 Å². The fourth-order valence-electron chi connectivity index (χ4n) is 3.66. The Hall–Kier alpha value is -3.83. The second-order valence-corrected chi connectivity index (χ2v) is 9.27. The molecule has 0 spiro atoms. The molecular weight excluding hydrogens is 687 g/mol. The first-order chi connectivity index (χ1) is 19.5. The van der Waals surface area contributed by atoms with E-state index in [-0.39, 0.29) is 15.7 Å². The van der Waals surface area contributed by atoms with Crippen molar-refractivity contribution in [2.45, 2.75) is 30.1 Å². The van der Waals surface area contributed by atoms with Gasteiger partial charge in [0.15, 0.2) is 0 Å². The highest BCUT2D eigenvalue weighted by Gasteiger charge is 2.81. The van der Waals surface area contributed by atoms with E-state index in [0.717, 1.165) is 30.3 Å². The minimum atomic E-state index is -7.24. The molecule has 0 fully saturated rings. The van der Waals surface area contributed by atoms with Crippen LogP contribution in [-0.2, 0) is 11.8 Å². The standard InChI is InChI=1S/C25H12BrF13N2O2/c26-41(20(43)12-4-3-5-14(10-12)40-19(42)15-6-1-2-7-17(15)27)18-9-8-13(11-16(18)22(29,30)31)21(28,24(34,35)36)23(32,33)25(37,38)39/h1-11H,(H,40,42). The molecule has 0 radical (unpaired) electrons.